The monoisotopic (exact) mass is 297 g/mol. The lowest BCUT2D eigenvalue weighted by molar-refractivity contribution is -0.139. The first-order valence-electron chi connectivity index (χ1n) is 5.80. The first-order chi connectivity index (χ1) is 8.16. The number of halogens is 1. The van der Waals surface area contributed by atoms with Crippen molar-refractivity contribution in [3.8, 4) is 0 Å². The van der Waals surface area contributed by atoms with Crippen molar-refractivity contribution in [1.29, 1.82) is 0 Å². The van der Waals surface area contributed by atoms with Gasteiger partial charge in [0, 0.05) is 11.0 Å². The summed E-state index contributed by atoms with van der Waals surface area (Å²) in [6.45, 7) is 0.470. The van der Waals surface area contributed by atoms with Crippen molar-refractivity contribution in [2.45, 2.75) is 25.8 Å². The minimum atomic E-state index is -0.508. The first kappa shape index (κ1) is 12.6. The fourth-order valence-electron chi connectivity index (χ4n) is 2.08. The van der Waals surface area contributed by atoms with Gasteiger partial charge in [0.2, 0.25) is 5.91 Å². The number of hydrogen-bond acceptors (Lipinski definition) is 2. The minimum absolute atomic E-state index is 0.0220. The van der Waals surface area contributed by atoms with Crippen LogP contribution in [0.25, 0.3) is 0 Å². The number of amides is 1. The quantitative estimate of drug-likeness (QED) is 0.895. The van der Waals surface area contributed by atoms with Gasteiger partial charge in [0.15, 0.2) is 0 Å². The molecular formula is C13H16BrNO2. The number of rotatable bonds is 4. The van der Waals surface area contributed by atoms with E-state index in [1.165, 1.54) is 0 Å². The van der Waals surface area contributed by atoms with Crippen molar-refractivity contribution < 1.29 is 9.90 Å². The molecule has 0 saturated heterocycles. The maximum absolute atomic E-state index is 12.0. The van der Waals surface area contributed by atoms with Crippen LogP contribution < -0.4 is 5.32 Å². The molecule has 0 heterocycles. The van der Waals surface area contributed by atoms with Gasteiger partial charge in [0.05, 0.1) is 12.0 Å². The number of carbonyl (C=O) groups is 1. The lowest BCUT2D eigenvalue weighted by atomic mass is 9.68. The average molecular weight is 298 g/mol. The second-order valence-electron chi connectivity index (χ2n) is 4.60. The predicted octanol–water partition coefficient (Wildman–Crippen LogP) is 2.23. The van der Waals surface area contributed by atoms with Crippen molar-refractivity contribution in [2.75, 3.05) is 6.61 Å². The SMILES string of the molecule is O=C(NCc1cccc(Br)c1)C1(CO)CCC1. The van der Waals surface area contributed by atoms with E-state index in [2.05, 4.69) is 21.2 Å². The molecule has 0 unspecified atom stereocenters. The van der Waals surface area contributed by atoms with E-state index in [4.69, 9.17) is 0 Å². The molecule has 0 radical (unpaired) electrons. The summed E-state index contributed by atoms with van der Waals surface area (Å²) in [6, 6.07) is 7.84. The van der Waals surface area contributed by atoms with Crippen molar-refractivity contribution in [1.82, 2.24) is 5.32 Å². The third kappa shape index (κ3) is 2.69. The number of carbonyl (C=O) groups excluding carboxylic acids is 1. The van der Waals surface area contributed by atoms with Crippen LogP contribution in [-0.4, -0.2) is 17.6 Å². The normalized spacial score (nSPS) is 17.3. The Morgan fingerprint density at radius 1 is 1.47 bits per heavy atom. The molecular weight excluding hydrogens is 282 g/mol. The number of aliphatic hydroxyl groups excluding tert-OH is 1. The van der Waals surface area contributed by atoms with Gasteiger partial charge in [-0.05, 0) is 30.5 Å². The maximum atomic E-state index is 12.0. The molecule has 17 heavy (non-hydrogen) atoms. The summed E-state index contributed by atoms with van der Waals surface area (Å²) in [5, 5.41) is 12.2. The molecule has 92 valence electrons. The molecule has 1 saturated carbocycles. The van der Waals surface area contributed by atoms with Crippen LogP contribution in [0.4, 0.5) is 0 Å². The van der Waals surface area contributed by atoms with Crippen LogP contribution in [-0.2, 0) is 11.3 Å². The molecule has 0 spiro atoms. The highest BCUT2D eigenvalue weighted by atomic mass is 79.9. The standard InChI is InChI=1S/C13H16BrNO2/c14-11-4-1-3-10(7-11)8-15-12(17)13(9-16)5-2-6-13/h1,3-4,7,16H,2,5-6,8-9H2,(H,15,17). The molecule has 1 aromatic carbocycles. The van der Waals surface area contributed by atoms with E-state index in [0.29, 0.717) is 6.54 Å². The summed E-state index contributed by atoms with van der Waals surface area (Å²) in [5.74, 6) is -0.0220. The molecule has 3 nitrogen and oxygen atoms in total. The average Bonchev–Trinajstić information content (AvgIpc) is 2.26. The summed E-state index contributed by atoms with van der Waals surface area (Å²) >= 11 is 3.39. The number of nitrogens with one attached hydrogen (secondary N) is 1. The van der Waals surface area contributed by atoms with Gasteiger partial charge >= 0.3 is 0 Å². The molecule has 1 fully saturated rings. The van der Waals surface area contributed by atoms with Crippen LogP contribution >= 0.6 is 15.9 Å². The van der Waals surface area contributed by atoms with Crippen molar-refractivity contribution in [2.24, 2.45) is 5.41 Å². The molecule has 1 aliphatic rings. The van der Waals surface area contributed by atoms with E-state index in [9.17, 15) is 9.90 Å². The number of hydrogen-bond donors (Lipinski definition) is 2. The zero-order valence-electron chi connectivity index (χ0n) is 9.58. The van der Waals surface area contributed by atoms with Crippen molar-refractivity contribution in [3.63, 3.8) is 0 Å². The van der Waals surface area contributed by atoms with E-state index in [1.54, 1.807) is 0 Å². The Balaban J connectivity index is 1.92. The summed E-state index contributed by atoms with van der Waals surface area (Å²) in [7, 11) is 0. The first-order valence-corrected chi connectivity index (χ1v) is 6.59. The van der Waals surface area contributed by atoms with Gasteiger partial charge in [0.25, 0.3) is 0 Å². The van der Waals surface area contributed by atoms with Crippen LogP contribution in [0, 0.1) is 5.41 Å². The number of benzene rings is 1. The third-order valence-corrected chi connectivity index (χ3v) is 3.93. The zero-order chi connectivity index (χ0) is 12.3. The van der Waals surface area contributed by atoms with Gasteiger partial charge in [0.1, 0.15) is 0 Å². The summed E-state index contributed by atoms with van der Waals surface area (Å²) in [6.07, 6.45) is 2.63. The summed E-state index contributed by atoms with van der Waals surface area (Å²) in [4.78, 5) is 12.0. The van der Waals surface area contributed by atoms with Crippen molar-refractivity contribution >= 4 is 21.8 Å². The van der Waals surface area contributed by atoms with Gasteiger partial charge in [-0.15, -0.1) is 0 Å². The smallest absolute Gasteiger partial charge is 0.228 e. The van der Waals surface area contributed by atoms with E-state index in [0.717, 1.165) is 29.3 Å². The van der Waals surface area contributed by atoms with Crippen molar-refractivity contribution in [3.05, 3.63) is 34.3 Å². The summed E-state index contributed by atoms with van der Waals surface area (Å²) in [5.41, 5.74) is 0.548. The van der Waals surface area contributed by atoms with E-state index in [-0.39, 0.29) is 12.5 Å². The lowest BCUT2D eigenvalue weighted by Crippen LogP contribution is -2.47. The Morgan fingerprint density at radius 3 is 2.76 bits per heavy atom. The highest BCUT2D eigenvalue weighted by Crippen LogP contribution is 2.40. The highest BCUT2D eigenvalue weighted by Gasteiger charge is 2.43. The van der Waals surface area contributed by atoms with Crippen LogP contribution in [0.2, 0.25) is 0 Å². The molecule has 0 aromatic heterocycles. The van der Waals surface area contributed by atoms with Gasteiger partial charge in [-0.2, -0.15) is 0 Å². The molecule has 0 bridgehead atoms. The van der Waals surface area contributed by atoms with Crippen LogP contribution in [0.5, 0.6) is 0 Å². The summed E-state index contributed by atoms with van der Waals surface area (Å²) < 4.78 is 1.00. The fourth-order valence-corrected chi connectivity index (χ4v) is 2.52. The largest absolute Gasteiger partial charge is 0.395 e. The van der Waals surface area contributed by atoms with Gasteiger partial charge in [-0.25, -0.2) is 0 Å². The predicted molar refractivity (Wildman–Crippen MR) is 69.4 cm³/mol. The van der Waals surface area contributed by atoms with Crippen LogP contribution in [0.15, 0.2) is 28.7 Å². The molecule has 1 aromatic rings. The van der Waals surface area contributed by atoms with E-state index < -0.39 is 5.41 Å². The Morgan fingerprint density at radius 2 is 2.24 bits per heavy atom. The highest BCUT2D eigenvalue weighted by molar-refractivity contribution is 9.10. The molecule has 2 rings (SSSR count). The second kappa shape index (κ2) is 5.19. The van der Waals surface area contributed by atoms with E-state index >= 15 is 0 Å². The number of aliphatic hydroxyl groups is 1. The maximum Gasteiger partial charge on any atom is 0.228 e. The van der Waals surface area contributed by atoms with Crippen LogP contribution in [0.3, 0.4) is 0 Å². The van der Waals surface area contributed by atoms with Gasteiger partial charge < -0.3 is 10.4 Å². The topological polar surface area (TPSA) is 49.3 Å². The van der Waals surface area contributed by atoms with Gasteiger partial charge in [-0.3, -0.25) is 4.79 Å². The van der Waals surface area contributed by atoms with Crippen LogP contribution in [0.1, 0.15) is 24.8 Å². The Kier molecular flexibility index (Phi) is 3.84. The molecule has 1 amide bonds. The lowest BCUT2D eigenvalue weighted by Gasteiger charge is -2.38. The minimum Gasteiger partial charge on any atom is -0.395 e. The second-order valence-corrected chi connectivity index (χ2v) is 5.52. The third-order valence-electron chi connectivity index (χ3n) is 3.44. The molecule has 2 N–H and O–H groups in total. The molecule has 4 heteroatoms. The zero-order valence-corrected chi connectivity index (χ0v) is 11.2. The molecule has 0 atom stereocenters. The van der Waals surface area contributed by atoms with E-state index in [1.807, 2.05) is 24.3 Å². The Bertz CT molecular complexity index is 410. The Hall–Kier alpha value is -0.870. The molecule has 0 aliphatic heterocycles. The Labute approximate surface area is 109 Å². The molecule has 1 aliphatic carbocycles. The van der Waals surface area contributed by atoms with Gasteiger partial charge in [-0.1, -0.05) is 34.5 Å². The fraction of sp³-hybridized carbons (Fsp3) is 0.462.